The lowest BCUT2D eigenvalue weighted by Crippen LogP contribution is -2.40. The molecule has 8 nitrogen and oxygen atoms in total. The highest BCUT2D eigenvalue weighted by atomic mass is 16.5. The number of carboxylic acids is 1. The van der Waals surface area contributed by atoms with Crippen molar-refractivity contribution in [1.29, 1.82) is 0 Å². The van der Waals surface area contributed by atoms with Gasteiger partial charge in [-0.1, -0.05) is 0 Å². The number of hydrogen-bond donors (Lipinski definition) is 1. The van der Waals surface area contributed by atoms with Crippen LogP contribution in [0.5, 0.6) is 0 Å². The molecule has 150 valence electrons. The van der Waals surface area contributed by atoms with E-state index < -0.39 is 11.4 Å². The van der Waals surface area contributed by atoms with Crippen LogP contribution in [0.2, 0.25) is 0 Å². The third kappa shape index (κ3) is 4.32. The molecule has 0 bridgehead atoms. The number of likely N-dealkylation sites (tertiary alicyclic amines) is 1. The van der Waals surface area contributed by atoms with Crippen molar-refractivity contribution in [1.82, 2.24) is 14.9 Å². The van der Waals surface area contributed by atoms with Crippen molar-refractivity contribution < 1.29 is 14.6 Å². The molecule has 2 aliphatic heterocycles. The van der Waals surface area contributed by atoms with E-state index in [1.54, 1.807) is 20.0 Å². The van der Waals surface area contributed by atoms with Crippen LogP contribution in [0.15, 0.2) is 6.20 Å². The molecule has 27 heavy (non-hydrogen) atoms. The van der Waals surface area contributed by atoms with E-state index in [4.69, 9.17) is 9.72 Å². The van der Waals surface area contributed by atoms with Crippen molar-refractivity contribution in [2.45, 2.75) is 25.7 Å². The molecule has 8 heteroatoms. The fourth-order valence-electron chi connectivity index (χ4n) is 3.76. The summed E-state index contributed by atoms with van der Waals surface area (Å²) in [5.74, 6) is 1.09. The topological polar surface area (TPSA) is 82.0 Å². The van der Waals surface area contributed by atoms with E-state index in [1.807, 2.05) is 7.05 Å². The van der Waals surface area contributed by atoms with Crippen LogP contribution in [0.3, 0.4) is 0 Å². The standard InChI is InChI=1S/C19H31N5O3/c1-19(2,17(25)26)15-11-20-18(21-16(15)24-7-9-27-10-8-24)23(4)13-14-5-6-22(3)12-14/h11,14H,5-10,12-13H2,1-4H3,(H,25,26)/t14-/m1/s1. The summed E-state index contributed by atoms with van der Waals surface area (Å²) in [5, 5.41) is 9.70. The zero-order valence-corrected chi connectivity index (χ0v) is 16.8. The number of aromatic nitrogens is 2. The van der Waals surface area contributed by atoms with Gasteiger partial charge in [-0.3, -0.25) is 4.79 Å². The highest BCUT2D eigenvalue weighted by molar-refractivity contribution is 5.82. The lowest BCUT2D eigenvalue weighted by molar-refractivity contribution is -0.142. The number of hydrogen-bond acceptors (Lipinski definition) is 7. The maximum Gasteiger partial charge on any atom is 0.313 e. The molecule has 0 saturated carbocycles. The van der Waals surface area contributed by atoms with Gasteiger partial charge in [-0.15, -0.1) is 0 Å². The zero-order chi connectivity index (χ0) is 19.6. The van der Waals surface area contributed by atoms with Gasteiger partial charge in [0.15, 0.2) is 0 Å². The Kier molecular flexibility index (Phi) is 5.86. The molecule has 0 aliphatic carbocycles. The monoisotopic (exact) mass is 377 g/mol. The molecule has 1 aromatic rings. The summed E-state index contributed by atoms with van der Waals surface area (Å²) >= 11 is 0. The Morgan fingerprint density at radius 3 is 2.67 bits per heavy atom. The van der Waals surface area contributed by atoms with Gasteiger partial charge in [0.2, 0.25) is 5.95 Å². The molecule has 2 fully saturated rings. The summed E-state index contributed by atoms with van der Waals surface area (Å²) in [6.45, 7) is 9.18. The Bertz CT molecular complexity index is 675. The Labute approximate surface area is 161 Å². The first-order chi connectivity index (χ1) is 12.8. The molecule has 2 aliphatic rings. The first kappa shape index (κ1) is 19.8. The minimum atomic E-state index is -1.06. The fraction of sp³-hybridized carbons (Fsp3) is 0.737. The molecular weight excluding hydrogens is 346 g/mol. The number of ether oxygens (including phenoxy) is 1. The number of aliphatic carboxylic acids is 1. The SMILES string of the molecule is CN1CC[C@@H](CN(C)c2ncc(C(C)(C)C(=O)O)c(N3CCOCC3)n2)C1. The van der Waals surface area contributed by atoms with E-state index in [9.17, 15) is 9.90 Å². The number of rotatable bonds is 6. The minimum absolute atomic E-state index is 0.602. The van der Waals surface area contributed by atoms with Gasteiger partial charge in [0.05, 0.1) is 18.6 Å². The largest absolute Gasteiger partial charge is 0.481 e. The second-order valence-electron chi connectivity index (χ2n) is 8.23. The van der Waals surface area contributed by atoms with Crippen LogP contribution in [-0.4, -0.2) is 86.0 Å². The summed E-state index contributed by atoms with van der Waals surface area (Å²) in [7, 11) is 4.16. The minimum Gasteiger partial charge on any atom is -0.481 e. The fourth-order valence-corrected chi connectivity index (χ4v) is 3.76. The number of carboxylic acid groups (broad SMARTS) is 1. The Morgan fingerprint density at radius 1 is 1.37 bits per heavy atom. The van der Waals surface area contributed by atoms with Crippen LogP contribution >= 0.6 is 0 Å². The van der Waals surface area contributed by atoms with Crippen LogP contribution in [0.1, 0.15) is 25.8 Å². The maximum absolute atomic E-state index is 11.8. The second kappa shape index (κ2) is 7.98. The number of nitrogens with zero attached hydrogens (tertiary/aromatic N) is 5. The van der Waals surface area contributed by atoms with E-state index in [1.165, 1.54) is 6.42 Å². The summed E-state index contributed by atoms with van der Waals surface area (Å²) in [4.78, 5) is 27.7. The molecule has 2 saturated heterocycles. The Morgan fingerprint density at radius 2 is 2.07 bits per heavy atom. The first-order valence-electron chi connectivity index (χ1n) is 9.62. The van der Waals surface area contributed by atoms with Crippen LogP contribution < -0.4 is 9.80 Å². The third-order valence-electron chi connectivity index (χ3n) is 5.64. The predicted molar refractivity (Wildman–Crippen MR) is 105 cm³/mol. The van der Waals surface area contributed by atoms with Gasteiger partial charge in [-0.05, 0) is 39.8 Å². The molecular formula is C19H31N5O3. The van der Waals surface area contributed by atoms with E-state index in [0.29, 0.717) is 49.6 Å². The average Bonchev–Trinajstić information content (AvgIpc) is 3.06. The normalized spacial score (nSPS) is 21.5. The van der Waals surface area contributed by atoms with Crippen molar-refractivity contribution in [3.8, 4) is 0 Å². The summed E-state index contributed by atoms with van der Waals surface area (Å²) in [6.07, 6.45) is 2.87. The smallest absolute Gasteiger partial charge is 0.313 e. The molecule has 0 unspecified atom stereocenters. The number of carbonyl (C=O) groups is 1. The third-order valence-corrected chi connectivity index (χ3v) is 5.64. The lowest BCUT2D eigenvalue weighted by atomic mass is 9.85. The molecule has 0 aromatic carbocycles. The first-order valence-corrected chi connectivity index (χ1v) is 9.62. The molecule has 3 rings (SSSR count). The average molecular weight is 377 g/mol. The van der Waals surface area contributed by atoms with Crippen LogP contribution in [0.4, 0.5) is 11.8 Å². The quantitative estimate of drug-likeness (QED) is 0.788. The number of anilines is 2. The summed E-state index contributed by atoms with van der Waals surface area (Å²) < 4.78 is 5.45. The van der Waals surface area contributed by atoms with Crippen molar-refractivity contribution >= 4 is 17.7 Å². The molecule has 1 N–H and O–H groups in total. The summed E-state index contributed by atoms with van der Waals surface area (Å²) in [5.41, 5.74) is -0.409. The Balaban J connectivity index is 1.88. The van der Waals surface area contributed by atoms with Crippen LogP contribution in [-0.2, 0) is 14.9 Å². The van der Waals surface area contributed by atoms with Crippen molar-refractivity contribution in [2.75, 3.05) is 69.8 Å². The van der Waals surface area contributed by atoms with Crippen LogP contribution in [0.25, 0.3) is 0 Å². The van der Waals surface area contributed by atoms with E-state index >= 15 is 0 Å². The van der Waals surface area contributed by atoms with Gasteiger partial charge < -0.3 is 24.5 Å². The second-order valence-corrected chi connectivity index (χ2v) is 8.23. The highest BCUT2D eigenvalue weighted by Crippen LogP contribution is 2.32. The molecule has 1 atom stereocenters. The Hall–Kier alpha value is -1.93. The van der Waals surface area contributed by atoms with Gasteiger partial charge in [-0.2, -0.15) is 4.98 Å². The molecule has 1 aromatic heterocycles. The molecule has 0 amide bonds. The molecule has 0 spiro atoms. The van der Waals surface area contributed by atoms with Crippen molar-refractivity contribution in [3.63, 3.8) is 0 Å². The van der Waals surface area contributed by atoms with E-state index in [0.717, 1.165) is 19.6 Å². The number of morpholine rings is 1. The summed E-state index contributed by atoms with van der Waals surface area (Å²) in [6, 6.07) is 0. The predicted octanol–water partition coefficient (Wildman–Crippen LogP) is 1.06. The van der Waals surface area contributed by atoms with Gasteiger partial charge in [0.25, 0.3) is 0 Å². The van der Waals surface area contributed by atoms with Gasteiger partial charge in [-0.25, -0.2) is 4.98 Å². The maximum atomic E-state index is 11.8. The highest BCUT2D eigenvalue weighted by Gasteiger charge is 2.35. The lowest BCUT2D eigenvalue weighted by Gasteiger charge is -2.33. The van der Waals surface area contributed by atoms with Gasteiger partial charge >= 0.3 is 5.97 Å². The van der Waals surface area contributed by atoms with E-state index in [-0.39, 0.29) is 0 Å². The van der Waals surface area contributed by atoms with Gasteiger partial charge in [0, 0.05) is 45.0 Å². The molecule has 3 heterocycles. The van der Waals surface area contributed by atoms with Crippen molar-refractivity contribution in [3.05, 3.63) is 11.8 Å². The zero-order valence-electron chi connectivity index (χ0n) is 16.8. The van der Waals surface area contributed by atoms with Gasteiger partial charge in [0.1, 0.15) is 5.82 Å². The van der Waals surface area contributed by atoms with E-state index in [2.05, 4.69) is 26.7 Å². The van der Waals surface area contributed by atoms with Crippen molar-refractivity contribution in [2.24, 2.45) is 5.92 Å². The van der Waals surface area contributed by atoms with Crippen LogP contribution in [0, 0.1) is 5.92 Å². The molecule has 0 radical (unpaired) electrons.